The van der Waals surface area contributed by atoms with Gasteiger partial charge in [-0.1, -0.05) is 48.5 Å². The van der Waals surface area contributed by atoms with E-state index in [1.807, 2.05) is 30.5 Å². The monoisotopic (exact) mass is 472 g/mol. The number of thioether (sulfide) groups is 1. The van der Waals surface area contributed by atoms with Gasteiger partial charge in [-0.3, -0.25) is 9.69 Å². The summed E-state index contributed by atoms with van der Waals surface area (Å²) in [6.45, 7) is 1.79. The Labute approximate surface area is 194 Å². The van der Waals surface area contributed by atoms with Gasteiger partial charge in [-0.2, -0.15) is 4.98 Å². The summed E-state index contributed by atoms with van der Waals surface area (Å²) in [5.41, 5.74) is 2.28. The summed E-state index contributed by atoms with van der Waals surface area (Å²) >= 11 is 7.73. The minimum atomic E-state index is -0.932. The maximum atomic E-state index is 13.3. The van der Waals surface area contributed by atoms with Crippen molar-refractivity contribution in [3.63, 3.8) is 0 Å². The average molecular weight is 473 g/mol. The van der Waals surface area contributed by atoms with E-state index in [1.165, 1.54) is 26.0 Å². The molecule has 0 aliphatic carbocycles. The summed E-state index contributed by atoms with van der Waals surface area (Å²) in [6.07, 6.45) is 1.17. The lowest BCUT2D eigenvalue weighted by molar-refractivity contribution is -0.120. The summed E-state index contributed by atoms with van der Waals surface area (Å²) in [5.74, 6) is 0.929. The Bertz CT molecular complexity index is 1180. The molecule has 0 saturated carbocycles. The number of anilines is 1. The molecule has 3 aromatic rings. The molecule has 0 saturated heterocycles. The number of hydrogen-bond acceptors (Lipinski definition) is 8. The molecule has 1 atom stereocenters. The molecule has 0 N–H and O–H groups in total. The average Bonchev–Trinajstić information content (AvgIpc) is 2.97. The van der Waals surface area contributed by atoms with Crippen LogP contribution in [0.3, 0.4) is 0 Å². The van der Waals surface area contributed by atoms with Gasteiger partial charge in [-0.25, -0.2) is 0 Å². The van der Waals surface area contributed by atoms with Crippen LogP contribution >= 0.6 is 23.4 Å². The molecule has 166 valence electrons. The van der Waals surface area contributed by atoms with Crippen LogP contribution in [-0.4, -0.2) is 41.6 Å². The number of ether oxygens (including phenoxy) is 3. The SMILES string of the molecule is CCC(=O)N1c2ccccc2-c2nnc(SC)nc2O[C@H]1c1cc(Cl)cc(OC)c1OC. The first-order valence-corrected chi connectivity index (χ1v) is 11.4. The van der Waals surface area contributed by atoms with Crippen LogP contribution in [0.5, 0.6) is 17.4 Å². The molecule has 2 heterocycles. The second-order valence-electron chi connectivity index (χ2n) is 6.79. The maximum Gasteiger partial charge on any atom is 0.247 e. The van der Waals surface area contributed by atoms with Gasteiger partial charge in [0, 0.05) is 23.1 Å². The molecule has 0 fully saturated rings. The van der Waals surface area contributed by atoms with E-state index in [-0.39, 0.29) is 18.2 Å². The van der Waals surface area contributed by atoms with Crippen molar-refractivity contribution in [2.75, 3.05) is 25.4 Å². The van der Waals surface area contributed by atoms with E-state index in [2.05, 4.69) is 15.2 Å². The first kappa shape index (κ1) is 22.2. The third-order valence-corrected chi connectivity index (χ3v) is 5.76. The number of nitrogens with zero attached hydrogens (tertiary/aromatic N) is 4. The number of rotatable bonds is 5. The zero-order chi connectivity index (χ0) is 22.8. The Hall–Kier alpha value is -3.04. The number of benzene rings is 2. The largest absolute Gasteiger partial charge is 0.493 e. The van der Waals surface area contributed by atoms with Crippen LogP contribution in [0.1, 0.15) is 25.1 Å². The lowest BCUT2D eigenvalue weighted by atomic mass is 10.1. The van der Waals surface area contributed by atoms with Crippen LogP contribution in [0.15, 0.2) is 41.6 Å². The van der Waals surface area contributed by atoms with Crippen molar-refractivity contribution in [3.8, 4) is 28.6 Å². The van der Waals surface area contributed by atoms with E-state index >= 15 is 0 Å². The predicted octanol–water partition coefficient (Wildman–Crippen LogP) is 4.77. The molecule has 1 aliphatic heterocycles. The van der Waals surface area contributed by atoms with Crippen LogP contribution in [0.25, 0.3) is 11.3 Å². The van der Waals surface area contributed by atoms with E-state index in [1.54, 1.807) is 24.0 Å². The molecule has 32 heavy (non-hydrogen) atoms. The first-order valence-electron chi connectivity index (χ1n) is 9.80. The Morgan fingerprint density at radius 1 is 1.22 bits per heavy atom. The molecule has 0 radical (unpaired) electrons. The van der Waals surface area contributed by atoms with Gasteiger partial charge in [0.2, 0.25) is 23.2 Å². The fourth-order valence-corrected chi connectivity index (χ4v) is 4.10. The summed E-state index contributed by atoms with van der Waals surface area (Å²) < 4.78 is 17.5. The van der Waals surface area contributed by atoms with Gasteiger partial charge in [-0.05, 0) is 18.4 Å². The Morgan fingerprint density at radius 2 is 2.00 bits per heavy atom. The van der Waals surface area contributed by atoms with Crippen LogP contribution in [0.4, 0.5) is 5.69 Å². The molecule has 4 rings (SSSR count). The highest BCUT2D eigenvalue weighted by atomic mass is 35.5. The number of fused-ring (bicyclic) bond motifs is 3. The van der Waals surface area contributed by atoms with Gasteiger partial charge in [0.25, 0.3) is 0 Å². The highest BCUT2D eigenvalue weighted by molar-refractivity contribution is 7.98. The fraction of sp³-hybridized carbons (Fsp3) is 0.273. The summed E-state index contributed by atoms with van der Waals surface area (Å²) in [4.78, 5) is 19.4. The molecule has 1 aromatic heterocycles. The van der Waals surface area contributed by atoms with Gasteiger partial charge >= 0.3 is 0 Å². The molecule has 8 nitrogen and oxygen atoms in total. The van der Waals surface area contributed by atoms with Crippen molar-refractivity contribution in [2.24, 2.45) is 0 Å². The molecular weight excluding hydrogens is 452 g/mol. The standard InChI is InChI=1S/C22H21ClN4O4S/c1-5-17(28)27-15-9-7-6-8-13(15)18-20(24-22(32-4)26-25-18)31-21(27)14-10-12(23)11-16(29-2)19(14)30-3/h6-11,21H,5H2,1-4H3/t21-/m0/s1. The summed E-state index contributed by atoms with van der Waals surface area (Å²) in [7, 11) is 3.04. The van der Waals surface area contributed by atoms with Crippen molar-refractivity contribution in [1.29, 1.82) is 0 Å². The lowest BCUT2D eigenvalue weighted by Crippen LogP contribution is -2.37. The lowest BCUT2D eigenvalue weighted by Gasteiger charge is -2.31. The summed E-state index contributed by atoms with van der Waals surface area (Å²) in [5, 5.41) is 9.38. The zero-order valence-electron chi connectivity index (χ0n) is 18.0. The van der Waals surface area contributed by atoms with Crippen molar-refractivity contribution >= 4 is 35.0 Å². The van der Waals surface area contributed by atoms with Crippen molar-refractivity contribution < 1.29 is 19.0 Å². The molecule has 10 heteroatoms. The molecule has 0 spiro atoms. The number of para-hydroxylation sites is 1. The van der Waals surface area contributed by atoms with E-state index in [0.29, 0.717) is 44.2 Å². The molecule has 0 bridgehead atoms. The third kappa shape index (κ3) is 3.82. The zero-order valence-corrected chi connectivity index (χ0v) is 19.5. The highest BCUT2D eigenvalue weighted by Gasteiger charge is 2.37. The van der Waals surface area contributed by atoms with Crippen LogP contribution < -0.4 is 19.1 Å². The third-order valence-electron chi connectivity index (χ3n) is 5.00. The van der Waals surface area contributed by atoms with E-state index in [0.717, 1.165) is 0 Å². The quantitative estimate of drug-likeness (QED) is 0.491. The van der Waals surface area contributed by atoms with Gasteiger partial charge in [0.1, 0.15) is 0 Å². The number of hydrogen-bond donors (Lipinski definition) is 0. The number of carbonyl (C=O) groups excluding carboxylic acids is 1. The van der Waals surface area contributed by atoms with Crippen molar-refractivity contribution in [2.45, 2.75) is 24.7 Å². The van der Waals surface area contributed by atoms with Gasteiger partial charge < -0.3 is 14.2 Å². The van der Waals surface area contributed by atoms with Crippen LogP contribution in [0, 0.1) is 0 Å². The summed E-state index contributed by atoms with van der Waals surface area (Å²) in [6, 6.07) is 10.8. The van der Waals surface area contributed by atoms with Crippen molar-refractivity contribution in [3.05, 3.63) is 47.0 Å². The van der Waals surface area contributed by atoms with Crippen molar-refractivity contribution in [1.82, 2.24) is 15.2 Å². The number of amides is 1. The minimum absolute atomic E-state index is 0.158. The molecular formula is C22H21ClN4O4S. The Morgan fingerprint density at radius 3 is 2.69 bits per heavy atom. The predicted molar refractivity (Wildman–Crippen MR) is 123 cm³/mol. The topological polar surface area (TPSA) is 86.7 Å². The number of methoxy groups -OCH3 is 2. The van der Waals surface area contributed by atoms with Crippen LogP contribution in [-0.2, 0) is 4.79 Å². The minimum Gasteiger partial charge on any atom is -0.493 e. The maximum absolute atomic E-state index is 13.3. The smallest absolute Gasteiger partial charge is 0.247 e. The number of carbonyl (C=O) groups is 1. The van der Waals surface area contributed by atoms with Gasteiger partial charge in [0.15, 0.2) is 17.2 Å². The second kappa shape index (κ2) is 9.22. The van der Waals surface area contributed by atoms with Gasteiger partial charge in [0.05, 0.1) is 25.5 Å². The fourth-order valence-electron chi connectivity index (χ4n) is 3.58. The van der Waals surface area contributed by atoms with Gasteiger partial charge in [-0.15, -0.1) is 10.2 Å². The molecule has 0 unspecified atom stereocenters. The highest BCUT2D eigenvalue weighted by Crippen LogP contribution is 2.47. The van der Waals surface area contributed by atoms with Crippen LogP contribution in [0.2, 0.25) is 5.02 Å². The molecule has 1 aliphatic rings. The van der Waals surface area contributed by atoms with E-state index in [4.69, 9.17) is 25.8 Å². The van der Waals surface area contributed by atoms with E-state index < -0.39 is 6.23 Å². The Balaban J connectivity index is 2.04. The first-order chi connectivity index (χ1) is 15.5. The molecule has 2 aromatic carbocycles. The number of aromatic nitrogens is 3. The Kier molecular flexibility index (Phi) is 6.38. The number of halogens is 1. The second-order valence-corrected chi connectivity index (χ2v) is 8.00. The molecule has 1 amide bonds. The normalized spacial score (nSPS) is 14.7. The van der Waals surface area contributed by atoms with E-state index in [9.17, 15) is 4.79 Å².